The molecule has 0 aliphatic heterocycles. The van der Waals surface area contributed by atoms with Crippen molar-refractivity contribution in [3.8, 4) is 0 Å². The third-order valence-electron chi connectivity index (χ3n) is 0.415. The fourth-order valence-electron chi connectivity index (χ4n) is 0.165. The van der Waals surface area contributed by atoms with Crippen molar-refractivity contribution in [3.63, 3.8) is 0 Å². The lowest BCUT2D eigenvalue weighted by Crippen LogP contribution is -2.18. The van der Waals surface area contributed by atoms with E-state index in [0.29, 0.717) is 0 Å². The fraction of sp³-hybridized carbons (Fsp3) is 0.667. The number of nitrogens with two attached hydrogens (primary N) is 1. The van der Waals surface area contributed by atoms with E-state index in [1.54, 1.807) is 0 Å². The highest BCUT2D eigenvalue weighted by Gasteiger charge is 2.00. The van der Waals surface area contributed by atoms with E-state index in [2.05, 4.69) is 16.4 Å². The molecule has 0 aromatic carbocycles. The molecule has 0 fully saturated rings. The molecule has 0 heterocycles. The van der Waals surface area contributed by atoms with Gasteiger partial charge in [-0.1, -0.05) is 12.2 Å². The molecule has 54 valence electrons. The Morgan fingerprint density at radius 1 is 1.78 bits per heavy atom. The Bertz CT molecular complexity index is 195. The zero-order chi connectivity index (χ0) is 7.49. The molecule has 0 aromatic heterocycles. The van der Waals surface area contributed by atoms with Crippen LogP contribution in [0.5, 0.6) is 0 Å². The SMILES string of the molecule is CS(=O)(=O)OCC(N)=S. The van der Waals surface area contributed by atoms with Gasteiger partial charge in [0.15, 0.2) is 0 Å². The summed E-state index contributed by atoms with van der Waals surface area (Å²) >= 11 is 4.35. The summed E-state index contributed by atoms with van der Waals surface area (Å²) in [6.07, 6.45) is 0.936. The average Bonchev–Trinajstić information content (AvgIpc) is 1.59. The summed E-state index contributed by atoms with van der Waals surface area (Å²) in [4.78, 5) is 0.0282. The van der Waals surface area contributed by atoms with Crippen molar-refractivity contribution in [1.82, 2.24) is 0 Å². The molecule has 9 heavy (non-hydrogen) atoms. The predicted molar refractivity (Wildman–Crippen MR) is 37.6 cm³/mol. The zero-order valence-corrected chi connectivity index (χ0v) is 6.46. The predicted octanol–water partition coefficient (Wildman–Crippen LogP) is -0.751. The summed E-state index contributed by atoms with van der Waals surface area (Å²) in [6.45, 7) is -0.214. The Kier molecular flexibility index (Phi) is 3.02. The number of thiocarbonyl (C=S) groups is 1. The minimum absolute atomic E-state index is 0.0282. The summed E-state index contributed by atoms with van der Waals surface area (Å²) in [5, 5.41) is 0. The average molecular weight is 169 g/mol. The van der Waals surface area contributed by atoms with Gasteiger partial charge in [0.05, 0.1) is 6.26 Å². The first-order valence-electron chi connectivity index (χ1n) is 2.04. The van der Waals surface area contributed by atoms with E-state index in [-0.39, 0.29) is 11.6 Å². The van der Waals surface area contributed by atoms with Crippen molar-refractivity contribution >= 4 is 27.3 Å². The molecule has 0 saturated carbocycles. The van der Waals surface area contributed by atoms with Gasteiger partial charge in [-0.25, -0.2) is 0 Å². The topological polar surface area (TPSA) is 69.4 Å². The first-order chi connectivity index (χ1) is 3.92. The van der Waals surface area contributed by atoms with E-state index >= 15 is 0 Å². The quantitative estimate of drug-likeness (QED) is 0.444. The molecule has 2 N–H and O–H groups in total. The summed E-state index contributed by atoms with van der Waals surface area (Å²) in [5.41, 5.74) is 4.94. The molecule has 6 heteroatoms. The van der Waals surface area contributed by atoms with Gasteiger partial charge in [0.1, 0.15) is 11.6 Å². The van der Waals surface area contributed by atoms with E-state index in [1.165, 1.54) is 0 Å². The van der Waals surface area contributed by atoms with Crippen LogP contribution in [0.15, 0.2) is 0 Å². The second-order valence-corrected chi connectivity index (χ2v) is 3.60. The molecule has 0 bridgehead atoms. The smallest absolute Gasteiger partial charge is 0.264 e. The van der Waals surface area contributed by atoms with Gasteiger partial charge in [-0.3, -0.25) is 4.18 Å². The lowest BCUT2D eigenvalue weighted by Gasteiger charge is -1.96. The van der Waals surface area contributed by atoms with Crippen molar-refractivity contribution in [3.05, 3.63) is 0 Å². The van der Waals surface area contributed by atoms with Crippen molar-refractivity contribution in [2.45, 2.75) is 0 Å². The Labute approximate surface area is 59.1 Å². The summed E-state index contributed by atoms with van der Waals surface area (Å²) < 4.78 is 24.6. The van der Waals surface area contributed by atoms with Gasteiger partial charge in [0.2, 0.25) is 0 Å². The summed E-state index contributed by atoms with van der Waals surface area (Å²) in [7, 11) is -3.39. The van der Waals surface area contributed by atoms with Gasteiger partial charge >= 0.3 is 0 Å². The summed E-state index contributed by atoms with van der Waals surface area (Å²) in [5.74, 6) is 0. The Morgan fingerprint density at radius 3 is 2.33 bits per heavy atom. The van der Waals surface area contributed by atoms with Crippen molar-refractivity contribution in [2.24, 2.45) is 5.73 Å². The third kappa shape index (κ3) is 7.80. The molecule has 0 aliphatic carbocycles. The molecule has 4 nitrogen and oxygen atoms in total. The normalized spacial score (nSPS) is 11.2. The van der Waals surface area contributed by atoms with Crippen LogP contribution in [0.1, 0.15) is 0 Å². The van der Waals surface area contributed by atoms with E-state index < -0.39 is 10.1 Å². The molecular formula is C3H7NO3S2. The van der Waals surface area contributed by atoms with Gasteiger partial charge in [0, 0.05) is 0 Å². The highest BCUT2D eigenvalue weighted by atomic mass is 32.2. The molecule has 0 spiro atoms. The van der Waals surface area contributed by atoms with Crippen molar-refractivity contribution in [1.29, 1.82) is 0 Å². The third-order valence-corrected chi connectivity index (χ3v) is 1.08. The van der Waals surface area contributed by atoms with Gasteiger partial charge in [-0.15, -0.1) is 0 Å². The molecule has 0 saturated heterocycles. The van der Waals surface area contributed by atoms with E-state index in [0.717, 1.165) is 6.26 Å². The number of hydrogen-bond donors (Lipinski definition) is 1. The zero-order valence-electron chi connectivity index (χ0n) is 4.83. The van der Waals surface area contributed by atoms with Crippen molar-refractivity contribution in [2.75, 3.05) is 12.9 Å². The minimum atomic E-state index is -3.39. The fourth-order valence-corrected chi connectivity index (χ4v) is 0.640. The van der Waals surface area contributed by atoms with Crippen LogP contribution in [0.4, 0.5) is 0 Å². The Morgan fingerprint density at radius 2 is 2.22 bits per heavy atom. The molecule has 0 aromatic rings. The lowest BCUT2D eigenvalue weighted by atomic mass is 10.7. The Hall–Kier alpha value is -0.200. The highest BCUT2D eigenvalue weighted by molar-refractivity contribution is 7.86. The second-order valence-electron chi connectivity index (χ2n) is 1.43. The van der Waals surface area contributed by atoms with Crippen LogP contribution in [-0.4, -0.2) is 26.3 Å². The molecule has 0 rings (SSSR count). The van der Waals surface area contributed by atoms with E-state index in [9.17, 15) is 8.42 Å². The maximum absolute atomic E-state index is 10.2. The molecule has 0 atom stereocenters. The molecule has 0 radical (unpaired) electrons. The van der Waals surface area contributed by atoms with Crippen molar-refractivity contribution < 1.29 is 12.6 Å². The van der Waals surface area contributed by atoms with Crippen LogP contribution in [0.2, 0.25) is 0 Å². The Balaban J connectivity index is 3.67. The maximum atomic E-state index is 10.2. The number of rotatable bonds is 3. The minimum Gasteiger partial charge on any atom is -0.391 e. The van der Waals surface area contributed by atoms with Gasteiger partial charge in [-0.05, 0) is 0 Å². The van der Waals surface area contributed by atoms with Crippen LogP contribution in [0, 0.1) is 0 Å². The van der Waals surface area contributed by atoms with Crippen LogP contribution in [0.25, 0.3) is 0 Å². The van der Waals surface area contributed by atoms with Crippen LogP contribution in [-0.2, 0) is 14.3 Å². The molecule has 0 unspecified atom stereocenters. The van der Waals surface area contributed by atoms with Gasteiger partial charge in [-0.2, -0.15) is 8.42 Å². The molecule has 0 amide bonds. The summed E-state index contributed by atoms with van der Waals surface area (Å²) in [6, 6.07) is 0. The molecule has 0 aliphatic rings. The van der Waals surface area contributed by atoms with Gasteiger partial charge < -0.3 is 5.73 Å². The highest BCUT2D eigenvalue weighted by Crippen LogP contribution is 1.84. The van der Waals surface area contributed by atoms with Gasteiger partial charge in [0.25, 0.3) is 10.1 Å². The van der Waals surface area contributed by atoms with Crippen LogP contribution in [0.3, 0.4) is 0 Å². The molecular weight excluding hydrogens is 162 g/mol. The first-order valence-corrected chi connectivity index (χ1v) is 4.27. The van der Waals surface area contributed by atoms with E-state index in [1.807, 2.05) is 0 Å². The largest absolute Gasteiger partial charge is 0.391 e. The number of hydrogen-bond acceptors (Lipinski definition) is 4. The maximum Gasteiger partial charge on any atom is 0.264 e. The lowest BCUT2D eigenvalue weighted by molar-refractivity contribution is 0.374. The first kappa shape index (κ1) is 8.80. The standard InChI is InChI=1S/C3H7NO3S2/c1-9(5,6)7-2-3(4)8/h2H2,1H3,(H2,4,8). The monoisotopic (exact) mass is 169 g/mol. The van der Waals surface area contributed by atoms with Crippen LogP contribution >= 0.6 is 12.2 Å². The van der Waals surface area contributed by atoms with E-state index in [4.69, 9.17) is 5.73 Å². The second kappa shape index (κ2) is 3.09. The van der Waals surface area contributed by atoms with Crippen LogP contribution < -0.4 is 5.73 Å².